The maximum atomic E-state index is 11.7. The van der Waals surface area contributed by atoms with Crippen molar-refractivity contribution in [3.05, 3.63) is 0 Å². The zero-order valence-electron chi connectivity index (χ0n) is 9.37. The van der Waals surface area contributed by atoms with Gasteiger partial charge in [-0.15, -0.1) is 0 Å². The van der Waals surface area contributed by atoms with Crippen LogP contribution in [0.5, 0.6) is 0 Å². The average molecular weight is 226 g/mol. The highest BCUT2D eigenvalue weighted by Gasteiger charge is 2.16. The summed E-state index contributed by atoms with van der Waals surface area (Å²) in [5, 5.41) is 6.22. The Kier molecular flexibility index (Phi) is 3.98. The van der Waals surface area contributed by atoms with Gasteiger partial charge in [-0.25, -0.2) is 0 Å². The summed E-state index contributed by atoms with van der Waals surface area (Å²) in [4.78, 5) is 17.8. The number of guanidine groups is 1. The Hall–Kier alpha value is -1.30. The van der Waals surface area contributed by atoms with Crippen molar-refractivity contribution >= 4 is 11.9 Å². The average Bonchev–Trinajstić information content (AvgIpc) is 2.83. The first-order valence-corrected chi connectivity index (χ1v) is 5.74. The Morgan fingerprint density at radius 3 is 3.00 bits per heavy atom. The number of aliphatic imine (C=N–C) groups is 1. The zero-order chi connectivity index (χ0) is 11.2. The van der Waals surface area contributed by atoms with Gasteiger partial charge in [0.25, 0.3) is 0 Å². The molecule has 0 aliphatic carbocycles. The van der Waals surface area contributed by atoms with Gasteiger partial charge in [0.05, 0.1) is 19.8 Å². The molecule has 0 atom stereocenters. The van der Waals surface area contributed by atoms with Crippen LogP contribution in [0.1, 0.15) is 6.42 Å². The van der Waals surface area contributed by atoms with Crippen LogP contribution in [0.3, 0.4) is 0 Å². The van der Waals surface area contributed by atoms with Crippen LogP contribution in [0.15, 0.2) is 4.99 Å². The van der Waals surface area contributed by atoms with Crippen molar-refractivity contribution in [1.29, 1.82) is 0 Å². The molecule has 0 aromatic rings. The fourth-order valence-electron chi connectivity index (χ4n) is 1.78. The van der Waals surface area contributed by atoms with Gasteiger partial charge in [-0.2, -0.15) is 0 Å². The van der Waals surface area contributed by atoms with Gasteiger partial charge in [-0.05, 0) is 0 Å². The second kappa shape index (κ2) is 5.69. The molecule has 2 heterocycles. The van der Waals surface area contributed by atoms with Crippen molar-refractivity contribution in [2.45, 2.75) is 6.42 Å². The molecular formula is C10H18N4O2. The Balaban J connectivity index is 1.63. The number of nitrogens with one attached hydrogen (secondary N) is 2. The minimum Gasteiger partial charge on any atom is -0.378 e. The van der Waals surface area contributed by atoms with Gasteiger partial charge in [-0.3, -0.25) is 9.79 Å². The second-order valence-corrected chi connectivity index (χ2v) is 3.83. The summed E-state index contributed by atoms with van der Waals surface area (Å²) in [5.74, 6) is 1.00. The first-order valence-electron chi connectivity index (χ1n) is 5.74. The van der Waals surface area contributed by atoms with E-state index in [1.54, 1.807) is 0 Å². The minimum absolute atomic E-state index is 0.189. The molecule has 2 aliphatic heterocycles. The summed E-state index contributed by atoms with van der Waals surface area (Å²) in [6.07, 6.45) is 0.515. The number of nitrogens with zero attached hydrogens (tertiary/aromatic N) is 2. The third-order valence-corrected chi connectivity index (χ3v) is 2.67. The lowest BCUT2D eigenvalue weighted by Gasteiger charge is -2.26. The molecule has 6 heteroatoms. The van der Waals surface area contributed by atoms with Crippen LogP contribution in [-0.4, -0.2) is 62.7 Å². The number of carbonyl (C=O) groups is 1. The molecule has 0 aromatic heterocycles. The summed E-state index contributed by atoms with van der Waals surface area (Å²) >= 11 is 0. The summed E-state index contributed by atoms with van der Waals surface area (Å²) in [5.41, 5.74) is 0. The molecule has 1 saturated heterocycles. The molecule has 2 rings (SSSR count). The Morgan fingerprint density at radius 2 is 2.31 bits per heavy atom. The summed E-state index contributed by atoms with van der Waals surface area (Å²) in [6, 6.07) is 0. The quantitative estimate of drug-likeness (QED) is 0.633. The van der Waals surface area contributed by atoms with Crippen molar-refractivity contribution < 1.29 is 9.53 Å². The largest absolute Gasteiger partial charge is 0.378 e. The molecule has 16 heavy (non-hydrogen) atoms. The van der Waals surface area contributed by atoms with Gasteiger partial charge < -0.3 is 20.3 Å². The molecule has 0 spiro atoms. The maximum absolute atomic E-state index is 11.7. The number of amides is 1. The van der Waals surface area contributed by atoms with Gasteiger partial charge in [-0.1, -0.05) is 0 Å². The Bertz CT molecular complexity index is 274. The lowest BCUT2D eigenvalue weighted by atomic mass is 10.3. The first kappa shape index (κ1) is 11.2. The molecule has 90 valence electrons. The van der Waals surface area contributed by atoms with E-state index in [2.05, 4.69) is 15.6 Å². The van der Waals surface area contributed by atoms with Gasteiger partial charge in [0.15, 0.2) is 5.96 Å². The minimum atomic E-state index is 0.189. The number of hydrogen-bond acceptors (Lipinski definition) is 5. The molecule has 0 unspecified atom stereocenters. The number of morpholine rings is 1. The topological polar surface area (TPSA) is 66.0 Å². The third kappa shape index (κ3) is 3.10. The van der Waals surface area contributed by atoms with Crippen molar-refractivity contribution in [2.24, 2.45) is 4.99 Å². The zero-order valence-corrected chi connectivity index (χ0v) is 9.37. The summed E-state index contributed by atoms with van der Waals surface area (Å²) < 4.78 is 5.20. The van der Waals surface area contributed by atoms with Gasteiger partial charge in [0.1, 0.15) is 0 Å². The predicted octanol–water partition coefficient (Wildman–Crippen LogP) is -1.22. The van der Waals surface area contributed by atoms with E-state index in [4.69, 9.17) is 4.74 Å². The number of ether oxygens (including phenoxy) is 1. The predicted molar refractivity (Wildman–Crippen MR) is 60.3 cm³/mol. The fraction of sp³-hybridized carbons (Fsp3) is 0.800. The van der Waals surface area contributed by atoms with Crippen LogP contribution in [0.4, 0.5) is 0 Å². The molecule has 0 saturated carbocycles. The smallest absolute Gasteiger partial charge is 0.224 e. The van der Waals surface area contributed by atoms with E-state index in [9.17, 15) is 4.79 Å². The third-order valence-electron chi connectivity index (χ3n) is 2.67. The van der Waals surface area contributed by atoms with Gasteiger partial charge in [0, 0.05) is 32.6 Å². The summed E-state index contributed by atoms with van der Waals surface area (Å²) in [7, 11) is 0. The van der Waals surface area contributed by atoms with E-state index in [1.807, 2.05) is 4.90 Å². The second-order valence-electron chi connectivity index (χ2n) is 3.83. The Labute approximate surface area is 95.0 Å². The van der Waals surface area contributed by atoms with Crippen molar-refractivity contribution in [2.75, 3.05) is 45.9 Å². The molecule has 1 fully saturated rings. The van der Waals surface area contributed by atoms with Gasteiger partial charge >= 0.3 is 0 Å². The monoisotopic (exact) mass is 226 g/mol. The summed E-state index contributed by atoms with van der Waals surface area (Å²) in [6.45, 7) is 5.11. The van der Waals surface area contributed by atoms with E-state index < -0.39 is 0 Å². The molecule has 0 bridgehead atoms. The molecule has 0 radical (unpaired) electrons. The van der Waals surface area contributed by atoms with Crippen LogP contribution < -0.4 is 10.6 Å². The number of hydrogen-bond donors (Lipinski definition) is 2. The van der Waals surface area contributed by atoms with Crippen LogP contribution >= 0.6 is 0 Å². The number of carbonyl (C=O) groups excluding carboxylic acids is 1. The van der Waals surface area contributed by atoms with E-state index in [0.29, 0.717) is 26.2 Å². The van der Waals surface area contributed by atoms with Gasteiger partial charge in [0.2, 0.25) is 5.91 Å². The van der Waals surface area contributed by atoms with E-state index >= 15 is 0 Å². The molecule has 1 amide bonds. The molecule has 6 nitrogen and oxygen atoms in total. The standard InChI is InChI=1S/C10H18N4O2/c15-9(14-5-7-16-8-6-14)1-2-11-10-12-3-4-13-10/h1-8H2,(H2,11,12,13). The normalized spacial score (nSPS) is 20.2. The first-order chi connectivity index (χ1) is 7.86. The van der Waals surface area contributed by atoms with E-state index in [0.717, 1.165) is 32.1 Å². The van der Waals surface area contributed by atoms with Crippen molar-refractivity contribution in [3.63, 3.8) is 0 Å². The van der Waals surface area contributed by atoms with Crippen LogP contribution in [-0.2, 0) is 9.53 Å². The van der Waals surface area contributed by atoms with Crippen molar-refractivity contribution in [3.8, 4) is 0 Å². The maximum Gasteiger partial charge on any atom is 0.224 e. The molecule has 0 aromatic carbocycles. The van der Waals surface area contributed by atoms with E-state index in [-0.39, 0.29) is 5.91 Å². The van der Waals surface area contributed by atoms with E-state index in [1.165, 1.54) is 0 Å². The van der Waals surface area contributed by atoms with Crippen molar-refractivity contribution in [1.82, 2.24) is 15.5 Å². The lowest BCUT2D eigenvalue weighted by molar-refractivity contribution is -0.135. The fourth-order valence-corrected chi connectivity index (χ4v) is 1.78. The van der Waals surface area contributed by atoms with Crippen LogP contribution in [0, 0.1) is 0 Å². The molecular weight excluding hydrogens is 208 g/mol. The lowest BCUT2D eigenvalue weighted by Crippen LogP contribution is -2.42. The van der Waals surface area contributed by atoms with Crippen LogP contribution in [0.2, 0.25) is 0 Å². The SMILES string of the molecule is O=C(CCNC1=NCCN1)N1CCOCC1. The Morgan fingerprint density at radius 1 is 1.50 bits per heavy atom. The molecule has 2 aliphatic rings. The molecule has 2 N–H and O–H groups in total. The number of rotatable bonds is 3. The highest BCUT2D eigenvalue weighted by Crippen LogP contribution is 1.99. The highest BCUT2D eigenvalue weighted by atomic mass is 16.5. The highest BCUT2D eigenvalue weighted by molar-refractivity contribution is 5.82. The van der Waals surface area contributed by atoms with Crippen LogP contribution in [0.25, 0.3) is 0 Å².